The molecule has 0 unspecified atom stereocenters. The molecule has 0 aromatic heterocycles. The third kappa shape index (κ3) is 1.62. The SMILES string of the molecule is C#CC(=O)c1cccc(C2CC2)c1. The first kappa shape index (κ1) is 8.07. The van der Waals surface area contributed by atoms with Crippen LogP contribution in [0.4, 0.5) is 0 Å². The lowest BCUT2D eigenvalue weighted by molar-refractivity contribution is 0.105. The zero-order chi connectivity index (χ0) is 9.26. The lowest BCUT2D eigenvalue weighted by Crippen LogP contribution is -1.94. The fraction of sp³-hybridized carbons (Fsp3) is 0.250. The van der Waals surface area contributed by atoms with Crippen LogP contribution < -0.4 is 0 Å². The van der Waals surface area contributed by atoms with Crippen molar-refractivity contribution in [1.82, 2.24) is 0 Å². The number of hydrogen-bond donors (Lipinski definition) is 0. The van der Waals surface area contributed by atoms with Crippen LogP contribution >= 0.6 is 0 Å². The molecule has 0 bridgehead atoms. The molecule has 1 heteroatoms. The fourth-order valence-electron chi connectivity index (χ4n) is 1.43. The molecule has 1 fully saturated rings. The van der Waals surface area contributed by atoms with E-state index in [1.807, 2.05) is 12.1 Å². The summed E-state index contributed by atoms with van der Waals surface area (Å²) in [5, 5.41) is 0. The van der Waals surface area contributed by atoms with Gasteiger partial charge < -0.3 is 0 Å². The minimum Gasteiger partial charge on any atom is -0.279 e. The Kier molecular flexibility index (Phi) is 1.90. The summed E-state index contributed by atoms with van der Waals surface area (Å²) >= 11 is 0. The fourth-order valence-corrected chi connectivity index (χ4v) is 1.43. The van der Waals surface area contributed by atoms with Crippen LogP contribution in [0.2, 0.25) is 0 Å². The maximum absolute atomic E-state index is 11.2. The Labute approximate surface area is 77.8 Å². The first-order chi connectivity index (χ1) is 6.31. The van der Waals surface area contributed by atoms with Crippen molar-refractivity contribution in [3.63, 3.8) is 0 Å². The van der Waals surface area contributed by atoms with E-state index >= 15 is 0 Å². The second-order valence-electron chi connectivity index (χ2n) is 3.37. The second-order valence-corrected chi connectivity index (χ2v) is 3.37. The van der Waals surface area contributed by atoms with Gasteiger partial charge in [-0.3, -0.25) is 4.79 Å². The second kappa shape index (κ2) is 3.06. The molecule has 0 atom stereocenters. The summed E-state index contributed by atoms with van der Waals surface area (Å²) in [5.74, 6) is 2.58. The molecule has 64 valence electrons. The van der Waals surface area contributed by atoms with Crippen molar-refractivity contribution < 1.29 is 4.79 Å². The summed E-state index contributed by atoms with van der Waals surface area (Å²) in [5.41, 5.74) is 1.90. The zero-order valence-corrected chi connectivity index (χ0v) is 7.29. The van der Waals surface area contributed by atoms with E-state index in [1.165, 1.54) is 18.4 Å². The number of hydrogen-bond acceptors (Lipinski definition) is 1. The number of terminal acetylenes is 1. The van der Waals surface area contributed by atoms with Gasteiger partial charge >= 0.3 is 0 Å². The van der Waals surface area contributed by atoms with E-state index in [0.717, 1.165) is 0 Å². The molecule has 1 saturated carbocycles. The molecule has 0 heterocycles. The molecule has 1 aliphatic rings. The maximum atomic E-state index is 11.2. The third-order valence-corrected chi connectivity index (χ3v) is 2.33. The number of Topliss-reactive ketones (excluding diaryl/α,β-unsaturated/α-hetero) is 1. The molecule has 0 N–H and O–H groups in total. The average molecular weight is 170 g/mol. The largest absolute Gasteiger partial charge is 0.279 e. The van der Waals surface area contributed by atoms with Gasteiger partial charge in [-0.2, -0.15) is 0 Å². The van der Waals surface area contributed by atoms with Gasteiger partial charge in [-0.05, 0) is 36.3 Å². The van der Waals surface area contributed by atoms with Crippen molar-refractivity contribution in [1.29, 1.82) is 0 Å². The highest BCUT2D eigenvalue weighted by Gasteiger charge is 2.23. The van der Waals surface area contributed by atoms with Crippen molar-refractivity contribution in [3.05, 3.63) is 35.4 Å². The Morgan fingerprint density at radius 1 is 1.46 bits per heavy atom. The van der Waals surface area contributed by atoms with E-state index in [0.29, 0.717) is 11.5 Å². The first-order valence-electron chi connectivity index (χ1n) is 4.42. The van der Waals surface area contributed by atoms with E-state index in [-0.39, 0.29) is 5.78 Å². The summed E-state index contributed by atoms with van der Waals surface area (Å²) in [6, 6.07) is 7.65. The molecule has 0 aliphatic heterocycles. The minimum atomic E-state index is -0.220. The number of benzene rings is 1. The van der Waals surface area contributed by atoms with Crippen LogP contribution in [0.3, 0.4) is 0 Å². The van der Waals surface area contributed by atoms with Crippen LogP contribution in [0.15, 0.2) is 24.3 Å². The van der Waals surface area contributed by atoms with E-state index in [9.17, 15) is 4.79 Å². The number of rotatable bonds is 2. The summed E-state index contributed by atoms with van der Waals surface area (Å²) in [7, 11) is 0. The van der Waals surface area contributed by atoms with Gasteiger partial charge in [0.25, 0.3) is 0 Å². The molecular weight excluding hydrogens is 160 g/mol. The van der Waals surface area contributed by atoms with Crippen LogP contribution in [0.25, 0.3) is 0 Å². The van der Waals surface area contributed by atoms with Gasteiger partial charge in [0.05, 0.1) is 0 Å². The first-order valence-corrected chi connectivity index (χ1v) is 4.42. The Hall–Kier alpha value is -1.55. The molecule has 1 aromatic carbocycles. The summed E-state index contributed by atoms with van der Waals surface area (Å²) < 4.78 is 0. The molecule has 2 rings (SSSR count). The molecule has 0 radical (unpaired) electrons. The maximum Gasteiger partial charge on any atom is 0.235 e. The van der Waals surface area contributed by atoms with E-state index < -0.39 is 0 Å². The van der Waals surface area contributed by atoms with Gasteiger partial charge in [-0.25, -0.2) is 0 Å². The normalized spacial score (nSPS) is 15.0. The van der Waals surface area contributed by atoms with E-state index in [1.54, 1.807) is 6.07 Å². The molecule has 1 aliphatic carbocycles. The van der Waals surface area contributed by atoms with Crippen LogP contribution in [0.5, 0.6) is 0 Å². The van der Waals surface area contributed by atoms with Crippen molar-refractivity contribution in [2.75, 3.05) is 0 Å². The highest BCUT2D eigenvalue weighted by atomic mass is 16.1. The van der Waals surface area contributed by atoms with Crippen LogP contribution in [-0.2, 0) is 0 Å². The molecule has 0 amide bonds. The van der Waals surface area contributed by atoms with Gasteiger partial charge in [-0.15, -0.1) is 6.42 Å². The van der Waals surface area contributed by atoms with Gasteiger partial charge in [0.1, 0.15) is 0 Å². The Bertz CT molecular complexity index is 380. The quantitative estimate of drug-likeness (QED) is 0.378. The van der Waals surface area contributed by atoms with Crippen molar-refractivity contribution >= 4 is 5.78 Å². The monoisotopic (exact) mass is 170 g/mol. The third-order valence-electron chi connectivity index (χ3n) is 2.33. The summed E-state index contributed by atoms with van der Waals surface area (Å²) in [6.07, 6.45) is 7.53. The Balaban J connectivity index is 2.32. The summed E-state index contributed by atoms with van der Waals surface area (Å²) in [6.45, 7) is 0. The molecule has 0 spiro atoms. The van der Waals surface area contributed by atoms with E-state index in [2.05, 4.69) is 12.0 Å². The van der Waals surface area contributed by atoms with E-state index in [4.69, 9.17) is 6.42 Å². The predicted molar refractivity (Wildman–Crippen MR) is 51.6 cm³/mol. The summed E-state index contributed by atoms with van der Waals surface area (Å²) in [4.78, 5) is 11.2. The van der Waals surface area contributed by atoms with Crippen molar-refractivity contribution in [3.8, 4) is 12.3 Å². The molecule has 13 heavy (non-hydrogen) atoms. The smallest absolute Gasteiger partial charge is 0.235 e. The highest BCUT2D eigenvalue weighted by molar-refractivity contribution is 6.08. The van der Waals surface area contributed by atoms with Gasteiger partial charge in [0.2, 0.25) is 5.78 Å². The van der Waals surface area contributed by atoms with Crippen molar-refractivity contribution in [2.24, 2.45) is 0 Å². The number of carbonyl (C=O) groups is 1. The average Bonchev–Trinajstić information content (AvgIpc) is 3.00. The lowest BCUT2D eigenvalue weighted by atomic mass is 10.0. The predicted octanol–water partition coefficient (Wildman–Crippen LogP) is 2.38. The van der Waals surface area contributed by atoms with Gasteiger partial charge in [-0.1, -0.05) is 18.2 Å². The zero-order valence-electron chi connectivity index (χ0n) is 7.29. The van der Waals surface area contributed by atoms with Crippen molar-refractivity contribution in [2.45, 2.75) is 18.8 Å². The minimum absolute atomic E-state index is 0.220. The highest BCUT2D eigenvalue weighted by Crippen LogP contribution is 2.40. The molecule has 1 nitrogen and oxygen atoms in total. The Morgan fingerprint density at radius 3 is 2.85 bits per heavy atom. The number of ketones is 1. The number of carbonyl (C=O) groups excluding carboxylic acids is 1. The topological polar surface area (TPSA) is 17.1 Å². The van der Waals surface area contributed by atoms with Gasteiger partial charge in [0, 0.05) is 5.56 Å². The van der Waals surface area contributed by atoms with Gasteiger partial charge in [0.15, 0.2) is 0 Å². The molecule has 0 saturated heterocycles. The Morgan fingerprint density at radius 2 is 2.23 bits per heavy atom. The van der Waals surface area contributed by atoms with Crippen LogP contribution in [0, 0.1) is 12.3 Å². The molecular formula is C12H10O. The molecule has 1 aromatic rings. The standard InChI is InChI=1S/C12H10O/c1-2-12(13)11-5-3-4-10(8-11)9-6-7-9/h1,3-5,8-9H,6-7H2. The lowest BCUT2D eigenvalue weighted by Gasteiger charge is -1.99. The van der Waals surface area contributed by atoms with Crippen LogP contribution in [0.1, 0.15) is 34.7 Å². The van der Waals surface area contributed by atoms with Crippen LogP contribution in [-0.4, -0.2) is 5.78 Å².